The SMILES string of the molecule is c1ccc(N(c2ccccc2)c2ccc(N(c3ccccc3)c3ccc(-c4ccc(-n5c6ccccc6c6ccccc65)cc4)cc3)cc2)cc1. The minimum atomic E-state index is 1.09. The van der Waals surface area contributed by atoms with Crippen molar-refractivity contribution < 1.29 is 0 Å². The molecule has 9 aromatic rings. The molecule has 242 valence electrons. The third-order valence-electron chi connectivity index (χ3n) is 9.57. The van der Waals surface area contributed by atoms with Gasteiger partial charge in [-0.3, -0.25) is 0 Å². The van der Waals surface area contributed by atoms with Gasteiger partial charge in [-0.2, -0.15) is 0 Å². The van der Waals surface area contributed by atoms with Crippen LogP contribution in [0, 0.1) is 0 Å². The molecular weight excluding hydrogens is 619 g/mol. The second-order valence-corrected chi connectivity index (χ2v) is 12.7. The Hall–Kier alpha value is -6.84. The molecule has 0 atom stereocenters. The molecule has 0 saturated carbocycles. The molecular formula is C48H35N3. The number of rotatable bonds is 8. The van der Waals surface area contributed by atoms with Gasteiger partial charge in [0, 0.05) is 50.6 Å². The van der Waals surface area contributed by atoms with Crippen LogP contribution in [0.25, 0.3) is 38.6 Å². The summed E-state index contributed by atoms with van der Waals surface area (Å²) in [5.41, 5.74) is 12.6. The molecule has 0 aliphatic rings. The molecule has 1 heterocycles. The Balaban J connectivity index is 1.04. The van der Waals surface area contributed by atoms with E-state index in [-0.39, 0.29) is 0 Å². The first kappa shape index (κ1) is 30.2. The zero-order valence-corrected chi connectivity index (χ0v) is 28.0. The number of nitrogens with zero attached hydrogens (tertiary/aromatic N) is 3. The predicted molar refractivity (Wildman–Crippen MR) is 216 cm³/mol. The minimum absolute atomic E-state index is 1.09. The van der Waals surface area contributed by atoms with Crippen LogP contribution in [0.2, 0.25) is 0 Å². The van der Waals surface area contributed by atoms with E-state index in [1.807, 2.05) is 0 Å². The van der Waals surface area contributed by atoms with Crippen LogP contribution < -0.4 is 9.80 Å². The summed E-state index contributed by atoms with van der Waals surface area (Å²) in [7, 11) is 0. The van der Waals surface area contributed by atoms with Crippen molar-refractivity contribution in [1.82, 2.24) is 4.57 Å². The maximum absolute atomic E-state index is 2.36. The lowest BCUT2D eigenvalue weighted by Crippen LogP contribution is -2.12. The Kier molecular flexibility index (Phi) is 7.84. The van der Waals surface area contributed by atoms with Crippen molar-refractivity contribution in [3.8, 4) is 16.8 Å². The lowest BCUT2D eigenvalue weighted by molar-refractivity contribution is 1.18. The van der Waals surface area contributed by atoms with E-state index in [9.17, 15) is 0 Å². The van der Waals surface area contributed by atoms with Crippen LogP contribution in [0.5, 0.6) is 0 Å². The van der Waals surface area contributed by atoms with E-state index in [2.05, 4.69) is 227 Å². The van der Waals surface area contributed by atoms with Crippen molar-refractivity contribution >= 4 is 55.9 Å². The van der Waals surface area contributed by atoms with Gasteiger partial charge in [0.15, 0.2) is 0 Å². The van der Waals surface area contributed by atoms with Gasteiger partial charge < -0.3 is 14.4 Å². The minimum Gasteiger partial charge on any atom is -0.311 e. The van der Waals surface area contributed by atoms with E-state index < -0.39 is 0 Å². The monoisotopic (exact) mass is 653 g/mol. The average molecular weight is 654 g/mol. The summed E-state index contributed by atoms with van der Waals surface area (Å²) in [6.45, 7) is 0. The van der Waals surface area contributed by atoms with E-state index >= 15 is 0 Å². The number of para-hydroxylation sites is 5. The molecule has 8 aromatic carbocycles. The molecule has 3 nitrogen and oxygen atoms in total. The van der Waals surface area contributed by atoms with Crippen LogP contribution in [0.1, 0.15) is 0 Å². The molecule has 0 aliphatic heterocycles. The van der Waals surface area contributed by atoms with E-state index in [1.54, 1.807) is 0 Å². The smallest absolute Gasteiger partial charge is 0.0541 e. The summed E-state index contributed by atoms with van der Waals surface area (Å²) in [5, 5.41) is 2.55. The standard InChI is InChI=1S/C48H35N3/c1-4-14-38(15-5-1)49(39-16-6-2-7-17-39)42-32-34-43(35-33-42)50(40-18-8-3-9-19-40)41-28-24-36(25-29-41)37-26-30-44(31-27-37)51-47-22-12-10-20-45(47)46-21-11-13-23-48(46)51/h1-35H. The molecule has 1 aromatic heterocycles. The molecule has 9 rings (SSSR count). The Morgan fingerprint density at radius 3 is 0.941 bits per heavy atom. The van der Waals surface area contributed by atoms with Crippen molar-refractivity contribution in [3.05, 3.63) is 212 Å². The number of benzene rings is 8. The van der Waals surface area contributed by atoms with Gasteiger partial charge in [-0.15, -0.1) is 0 Å². The molecule has 0 amide bonds. The molecule has 0 aliphatic carbocycles. The highest BCUT2D eigenvalue weighted by atomic mass is 15.2. The first-order chi connectivity index (χ1) is 25.3. The lowest BCUT2D eigenvalue weighted by atomic mass is 10.0. The van der Waals surface area contributed by atoms with Crippen molar-refractivity contribution in [2.24, 2.45) is 0 Å². The summed E-state index contributed by atoms with van der Waals surface area (Å²) in [5.74, 6) is 0. The molecule has 0 fully saturated rings. The Morgan fingerprint density at radius 1 is 0.255 bits per heavy atom. The van der Waals surface area contributed by atoms with E-state index in [4.69, 9.17) is 0 Å². The molecule has 0 bridgehead atoms. The highest BCUT2D eigenvalue weighted by Gasteiger charge is 2.16. The Bertz CT molecular complexity index is 2450. The molecule has 0 unspecified atom stereocenters. The maximum atomic E-state index is 2.36. The van der Waals surface area contributed by atoms with Crippen molar-refractivity contribution in [2.45, 2.75) is 0 Å². The molecule has 0 N–H and O–H groups in total. The van der Waals surface area contributed by atoms with Gasteiger partial charge >= 0.3 is 0 Å². The fourth-order valence-electron chi connectivity index (χ4n) is 7.18. The summed E-state index contributed by atoms with van der Waals surface area (Å²) >= 11 is 0. The molecule has 3 heteroatoms. The Morgan fingerprint density at radius 2 is 0.549 bits per heavy atom. The van der Waals surface area contributed by atoms with Gasteiger partial charge in [0.1, 0.15) is 0 Å². The fraction of sp³-hybridized carbons (Fsp3) is 0. The number of aromatic nitrogens is 1. The van der Waals surface area contributed by atoms with E-state index in [1.165, 1.54) is 32.9 Å². The molecule has 0 spiro atoms. The molecule has 0 saturated heterocycles. The lowest BCUT2D eigenvalue weighted by Gasteiger charge is -2.28. The molecule has 0 radical (unpaired) electrons. The summed E-state index contributed by atoms with van der Waals surface area (Å²) in [4.78, 5) is 4.60. The average Bonchev–Trinajstić information content (AvgIpc) is 3.55. The topological polar surface area (TPSA) is 11.4 Å². The van der Waals surface area contributed by atoms with Crippen LogP contribution in [0.15, 0.2) is 212 Å². The van der Waals surface area contributed by atoms with Gasteiger partial charge in [0.2, 0.25) is 0 Å². The first-order valence-corrected chi connectivity index (χ1v) is 17.4. The number of hydrogen-bond acceptors (Lipinski definition) is 2. The van der Waals surface area contributed by atoms with Gasteiger partial charge in [0.25, 0.3) is 0 Å². The zero-order chi connectivity index (χ0) is 34.0. The van der Waals surface area contributed by atoms with Crippen LogP contribution in [0.4, 0.5) is 34.1 Å². The van der Waals surface area contributed by atoms with Gasteiger partial charge in [-0.1, -0.05) is 115 Å². The second-order valence-electron chi connectivity index (χ2n) is 12.7. The van der Waals surface area contributed by atoms with Crippen LogP contribution in [-0.4, -0.2) is 4.57 Å². The zero-order valence-electron chi connectivity index (χ0n) is 28.0. The highest BCUT2D eigenvalue weighted by molar-refractivity contribution is 6.09. The third-order valence-corrected chi connectivity index (χ3v) is 9.57. The first-order valence-electron chi connectivity index (χ1n) is 17.4. The van der Waals surface area contributed by atoms with E-state index in [0.29, 0.717) is 0 Å². The summed E-state index contributed by atoms with van der Waals surface area (Å²) in [6.07, 6.45) is 0. The number of fused-ring (bicyclic) bond motifs is 3. The maximum Gasteiger partial charge on any atom is 0.0541 e. The largest absolute Gasteiger partial charge is 0.311 e. The quantitative estimate of drug-likeness (QED) is 0.162. The van der Waals surface area contributed by atoms with Crippen LogP contribution >= 0.6 is 0 Å². The van der Waals surface area contributed by atoms with Gasteiger partial charge in [-0.25, -0.2) is 0 Å². The molecule has 51 heavy (non-hydrogen) atoms. The Labute approximate surface area is 298 Å². The van der Waals surface area contributed by atoms with Gasteiger partial charge in [0.05, 0.1) is 11.0 Å². The van der Waals surface area contributed by atoms with E-state index in [0.717, 1.165) is 39.8 Å². The van der Waals surface area contributed by atoms with Crippen molar-refractivity contribution in [2.75, 3.05) is 9.80 Å². The second kappa shape index (κ2) is 13.2. The summed E-state index contributed by atoms with van der Waals surface area (Å²) < 4.78 is 2.36. The third kappa shape index (κ3) is 5.71. The number of hydrogen-bond donors (Lipinski definition) is 0. The van der Waals surface area contributed by atoms with Gasteiger partial charge in [-0.05, 0) is 108 Å². The van der Waals surface area contributed by atoms with Crippen molar-refractivity contribution in [1.29, 1.82) is 0 Å². The number of anilines is 6. The van der Waals surface area contributed by atoms with Crippen molar-refractivity contribution in [3.63, 3.8) is 0 Å². The fourth-order valence-corrected chi connectivity index (χ4v) is 7.18. The van der Waals surface area contributed by atoms with Crippen LogP contribution in [-0.2, 0) is 0 Å². The predicted octanol–water partition coefficient (Wildman–Crippen LogP) is 13.4. The summed E-state index contributed by atoms with van der Waals surface area (Å²) in [6, 6.07) is 75.6. The highest BCUT2D eigenvalue weighted by Crippen LogP contribution is 2.39. The van der Waals surface area contributed by atoms with Crippen LogP contribution in [0.3, 0.4) is 0 Å². The normalized spacial score (nSPS) is 11.1.